The van der Waals surface area contributed by atoms with Crippen LogP contribution in [0.25, 0.3) is 0 Å². The molecule has 2 aromatic rings. The van der Waals surface area contributed by atoms with Gasteiger partial charge in [-0.05, 0) is 36.6 Å². The van der Waals surface area contributed by atoms with E-state index >= 15 is 0 Å². The average molecular weight is 279 g/mol. The van der Waals surface area contributed by atoms with Gasteiger partial charge in [-0.3, -0.25) is 4.79 Å². The highest BCUT2D eigenvalue weighted by atomic mass is 16.1. The summed E-state index contributed by atoms with van der Waals surface area (Å²) in [6.45, 7) is 7.56. The molecule has 21 heavy (non-hydrogen) atoms. The molecular formula is C19H21NO. The van der Waals surface area contributed by atoms with Crippen LogP contribution in [0.2, 0.25) is 0 Å². The van der Waals surface area contributed by atoms with Crippen molar-refractivity contribution >= 4 is 11.6 Å². The molecule has 0 radical (unpaired) electrons. The van der Waals surface area contributed by atoms with Gasteiger partial charge in [0.2, 0.25) is 5.91 Å². The fourth-order valence-corrected chi connectivity index (χ4v) is 2.33. The van der Waals surface area contributed by atoms with Crippen LogP contribution in [-0.2, 0) is 11.2 Å². The fourth-order valence-electron chi connectivity index (χ4n) is 2.33. The summed E-state index contributed by atoms with van der Waals surface area (Å²) < 4.78 is 0. The van der Waals surface area contributed by atoms with Gasteiger partial charge < -0.3 is 5.32 Å². The van der Waals surface area contributed by atoms with E-state index in [0.717, 1.165) is 12.1 Å². The SMILES string of the molecule is C=C[C@@H](Cc1ccc(C)cc1)c1ccc(NC(C)=O)cc1. The Labute approximate surface area is 126 Å². The van der Waals surface area contributed by atoms with Gasteiger partial charge in [0, 0.05) is 18.5 Å². The van der Waals surface area contributed by atoms with Crippen molar-refractivity contribution in [1.82, 2.24) is 0 Å². The lowest BCUT2D eigenvalue weighted by molar-refractivity contribution is -0.114. The van der Waals surface area contributed by atoms with Crippen LogP contribution in [0.4, 0.5) is 5.69 Å². The van der Waals surface area contributed by atoms with E-state index in [1.807, 2.05) is 30.3 Å². The van der Waals surface area contributed by atoms with Crippen molar-refractivity contribution in [3.63, 3.8) is 0 Å². The first kappa shape index (κ1) is 15.0. The highest BCUT2D eigenvalue weighted by molar-refractivity contribution is 5.88. The largest absolute Gasteiger partial charge is 0.326 e. The van der Waals surface area contributed by atoms with E-state index < -0.39 is 0 Å². The van der Waals surface area contributed by atoms with E-state index in [2.05, 4.69) is 43.1 Å². The lowest BCUT2D eigenvalue weighted by Gasteiger charge is -2.14. The molecule has 0 aliphatic carbocycles. The highest BCUT2D eigenvalue weighted by Gasteiger charge is 2.09. The zero-order valence-corrected chi connectivity index (χ0v) is 12.6. The molecule has 2 aromatic carbocycles. The summed E-state index contributed by atoms with van der Waals surface area (Å²) in [6, 6.07) is 16.6. The molecule has 2 rings (SSSR count). The fraction of sp³-hybridized carbons (Fsp3) is 0.211. The lowest BCUT2D eigenvalue weighted by atomic mass is 9.91. The summed E-state index contributed by atoms with van der Waals surface area (Å²) in [4.78, 5) is 11.0. The maximum atomic E-state index is 11.0. The molecule has 2 heteroatoms. The Morgan fingerprint density at radius 3 is 2.29 bits per heavy atom. The Hall–Kier alpha value is -2.35. The second-order valence-corrected chi connectivity index (χ2v) is 5.34. The van der Waals surface area contributed by atoms with Crippen molar-refractivity contribution < 1.29 is 4.79 Å². The van der Waals surface area contributed by atoms with E-state index in [-0.39, 0.29) is 11.8 Å². The number of allylic oxidation sites excluding steroid dienone is 1. The maximum absolute atomic E-state index is 11.0. The van der Waals surface area contributed by atoms with Gasteiger partial charge in [-0.25, -0.2) is 0 Å². The first-order valence-electron chi connectivity index (χ1n) is 7.14. The Morgan fingerprint density at radius 2 is 1.76 bits per heavy atom. The van der Waals surface area contributed by atoms with Gasteiger partial charge in [-0.2, -0.15) is 0 Å². The molecule has 0 aromatic heterocycles. The molecule has 0 fully saturated rings. The summed E-state index contributed by atoms with van der Waals surface area (Å²) in [5.41, 5.74) is 4.61. The number of hydrogen-bond acceptors (Lipinski definition) is 1. The van der Waals surface area contributed by atoms with Gasteiger partial charge in [0.1, 0.15) is 0 Å². The lowest BCUT2D eigenvalue weighted by Crippen LogP contribution is -2.06. The Bertz CT molecular complexity index is 611. The molecule has 108 valence electrons. The molecule has 2 nitrogen and oxygen atoms in total. The summed E-state index contributed by atoms with van der Waals surface area (Å²) >= 11 is 0. The van der Waals surface area contributed by atoms with Crippen LogP contribution in [0.3, 0.4) is 0 Å². The van der Waals surface area contributed by atoms with E-state index in [1.54, 1.807) is 0 Å². The number of rotatable bonds is 5. The molecule has 0 saturated carbocycles. The molecule has 0 aliphatic rings. The van der Waals surface area contributed by atoms with Crippen LogP contribution in [-0.4, -0.2) is 5.91 Å². The number of carbonyl (C=O) groups is 1. The number of carbonyl (C=O) groups excluding carboxylic acids is 1. The van der Waals surface area contributed by atoms with Crippen LogP contribution in [0.1, 0.15) is 29.5 Å². The molecule has 0 heterocycles. The van der Waals surface area contributed by atoms with Gasteiger partial charge in [-0.15, -0.1) is 6.58 Å². The minimum atomic E-state index is -0.0531. The van der Waals surface area contributed by atoms with Crippen LogP contribution in [0.5, 0.6) is 0 Å². The third kappa shape index (κ3) is 4.32. The molecule has 0 aliphatic heterocycles. The first-order chi connectivity index (χ1) is 10.1. The molecular weight excluding hydrogens is 258 g/mol. The van der Waals surface area contributed by atoms with Crippen molar-refractivity contribution in [1.29, 1.82) is 0 Å². The van der Waals surface area contributed by atoms with Gasteiger partial charge in [-0.1, -0.05) is 48.0 Å². The molecule has 0 unspecified atom stereocenters. The zero-order valence-electron chi connectivity index (χ0n) is 12.6. The van der Waals surface area contributed by atoms with Crippen molar-refractivity contribution in [2.75, 3.05) is 5.32 Å². The van der Waals surface area contributed by atoms with Crippen molar-refractivity contribution in [3.8, 4) is 0 Å². The summed E-state index contributed by atoms with van der Waals surface area (Å²) in [7, 11) is 0. The second-order valence-electron chi connectivity index (χ2n) is 5.34. The minimum Gasteiger partial charge on any atom is -0.326 e. The quantitative estimate of drug-likeness (QED) is 0.804. The summed E-state index contributed by atoms with van der Waals surface area (Å²) in [5.74, 6) is 0.224. The Morgan fingerprint density at radius 1 is 1.14 bits per heavy atom. The standard InChI is InChI=1S/C19H21NO/c1-4-17(13-16-7-5-14(2)6-8-16)18-9-11-19(12-10-18)20-15(3)21/h4-12,17H,1,13H2,2-3H3,(H,20,21)/t17-/m0/s1. The van der Waals surface area contributed by atoms with E-state index in [0.29, 0.717) is 0 Å². The Balaban J connectivity index is 2.11. The Kier molecular flexibility index (Phi) is 4.94. The number of amides is 1. The predicted molar refractivity (Wildman–Crippen MR) is 88.6 cm³/mol. The van der Waals surface area contributed by atoms with Crippen molar-refractivity contribution in [2.45, 2.75) is 26.2 Å². The van der Waals surface area contributed by atoms with Crippen LogP contribution < -0.4 is 5.32 Å². The third-order valence-electron chi connectivity index (χ3n) is 3.52. The molecule has 0 saturated heterocycles. The van der Waals surface area contributed by atoms with Crippen LogP contribution in [0.15, 0.2) is 61.2 Å². The van der Waals surface area contributed by atoms with E-state index in [1.165, 1.54) is 23.6 Å². The molecule has 0 spiro atoms. The molecule has 0 bridgehead atoms. The van der Waals surface area contributed by atoms with Crippen molar-refractivity contribution in [3.05, 3.63) is 77.9 Å². The first-order valence-corrected chi connectivity index (χ1v) is 7.14. The van der Waals surface area contributed by atoms with E-state index in [9.17, 15) is 4.79 Å². The third-order valence-corrected chi connectivity index (χ3v) is 3.52. The zero-order chi connectivity index (χ0) is 15.2. The molecule has 1 amide bonds. The van der Waals surface area contributed by atoms with Crippen LogP contribution >= 0.6 is 0 Å². The normalized spacial score (nSPS) is 11.7. The second kappa shape index (κ2) is 6.89. The topological polar surface area (TPSA) is 29.1 Å². The monoisotopic (exact) mass is 279 g/mol. The van der Waals surface area contributed by atoms with Gasteiger partial charge >= 0.3 is 0 Å². The summed E-state index contributed by atoms with van der Waals surface area (Å²) in [5, 5.41) is 2.78. The number of hydrogen-bond donors (Lipinski definition) is 1. The molecule has 1 atom stereocenters. The molecule has 1 N–H and O–H groups in total. The number of aryl methyl sites for hydroxylation is 1. The number of benzene rings is 2. The predicted octanol–water partition coefficient (Wildman–Crippen LogP) is 4.47. The number of nitrogens with one attached hydrogen (secondary N) is 1. The average Bonchev–Trinajstić information content (AvgIpc) is 2.47. The van der Waals surface area contributed by atoms with Gasteiger partial charge in [0.15, 0.2) is 0 Å². The van der Waals surface area contributed by atoms with Gasteiger partial charge in [0.05, 0.1) is 0 Å². The van der Waals surface area contributed by atoms with Gasteiger partial charge in [0.25, 0.3) is 0 Å². The van der Waals surface area contributed by atoms with E-state index in [4.69, 9.17) is 0 Å². The smallest absolute Gasteiger partial charge is 0.221 e. The highest BCUT2D eigenvalue weighted by Crippen LogP contribution is 2.23. The van der Waals surface area contributed by atoms with Crippen molar-refractivity contribution in [2.24, 2.45) is 0 Å². The maximum Gasteiger partial charge on any atom is 0.221 e. The van der Waals surface area contributed by atoms with Crippen LogP contribution in [0, 0.1) is 6.92 Å². The number of anilines is 1. The summed E-state index contributed by atoms with van der Waals surface area (Å²) in [6.07, 6.45) is 2.91. The minimum absolute atomic E-state index is 0.0531.